The summed E-state index contributed by atoms with van der Waals surface area (Å²) in [6, 6.07) is 28.2. The summed E-state index contributed by atoms with van der Waals surface area (Å²) >= 11 is 0. The van der Waals surface area contributed by atoms with Crippen LogP contribution in [-0.2, 0) is 0 Å². The van der Waals surface area contributed by atoms with E-state index < -0.39 is 0 Å². The highest BCUT2D eigenvalue weighted by Crippen LogP contribution is 2.25. The number of aromatic amines is 1. The summed E-state index contributed by atoms with van der Waals surface area (Å²) in [7, 11) is 0. The first-order valence-corrected chi connectivity index (χ1v) is 11.9. The van der Waals surface area contributed by atoms with Crippen molar-refractivity contribution in [3.05, 3.63) is 143 Å². The van der Waals surface area contributed by atoms with Crippen LogP contribution >= 0.6 is 0 Å². The third-order valence-electron chi connectivity index (χ3n) is 6.41. The van der Waals surface area contributed by atoms with Gasteiger partial charge in [0.05, 0.1) is 5.35 Å². The number of aromatic nitrogens is 1. The van der Waals surface area contributed by atoms with Gasteiger partial charge in [0, 0.05) is 21.7 Å². The standard InChI is InChI=1S/C33H29N/c1-3-5-8-14-24(4-2)29-20-13-19-28(26-17-11-7-12-18-26)32-30-23-27(25-15-9-6-10-16-25)21-22-31(30)34-33(29)32/h3-18,20-23,34H,19H2,1-2H3/b5-3-,14-8-,24-4+. The summed E-state index contributed by atoms with van der Waals surface area (Å²) < 4.78 is 0. The lowest BCUT2D eigenvalue weighted by atomic mass is 9.97. The lowest BCUT2D eigenvalue weighted by Crippen LogP contribution is -2.28. The van der Waals surface area contributed by atoms with Crippen LogP contribution in [0.1, 0.15) is 25.8 Å². The molecule has 0 bridgehead atoms. The molecule has 166 valence electrons. The number of benzene rings is 3. The molecular formula is C33H29N. The SMILES string of the molecule is C\C=C/C=C\C(=C/C)C1=c2[nH]c3ccc(-c4ccccc4)cc3c2=C(c2ccccc2)CC=C1. The highest BCUT2D eigenvalue weighted by atomic mass is 14.7. The molecule has 0 saturated heterocycles. The van der Waals surface area contributed by atoms with E-state index in [1.54, 1.807) is 0 Å². The number of hydrogen-bond donors (Lipinski definition) is 1. The molecule has 1 aliphatic rings. The Morgan fingerprint density at radius 1 is 0.794 bits per heavy atom. The van der Waals surface area contributed by atoms with E-state index >= 15 is 0 Å². The van der Waals surface area contributed by atoms with Crippen LogP contribution in [0, 0.1) is 0 Å². The Hall–Kier alpha value is -4.10. The first-order valence-electron chi connectivity index (χ1n) is 11.9. The van der Waals surface area contributed by atoms with Crippen molar-refractivity contribution < 1.29 is 0 Å². The maximum atomic E-state index is 3.79. The zero-order chi connectivity index (χ0) is 23.3. The number of hydrogen-bond acceptors (Lipinski definition) is 0. The van der Waals surface area contributed by atoms with Crippen molar-refractivity contribution in [3.63, 3.8) is 0 Å². The van der Waals surface area contributed by atoms with E-state index in [4.69, 9.17) is 0 Å². The monoisotopic (exact) mass is 439 g/mol. The Balaban J connectivity index is 1.89. The number of nitrogens with one attached hydrogen (secondary N) is 1. The van der Waals surface area contributed by atoms with E-state index in [2.05, 4.69) is 133 Å². The molecule has 5 rings (SSSR count). The van der Waals surface area contributed by atoms with Crippen molar-refractivity contribution in [1.82, 2.24) is 4.98 Å². The van der Waals surface area contributed by atoms with Gasteiger partial charge in [0.15, 0.2) is 0 Å². The topological polar surface area (TPSA) is 15.8 Å². The van der Waals surface area contributed by atoms with Crippen LogP contribution in [0.25, 0.3) is 33.2 Å². The largest absolute Gasteiger partial charge is 0.354 e. The van der Waals surface area contributed by atoms with Crippen LogP contribution in [0.15, 0.2) is 127 Å². The fourth-order valence-corrected chi connectivity index (χ4v) is 4.75. The molecule has 0 atom stereocenters. The first-order chi connectivity index (χ1) is 16.8. The van der Waals surface area contributed by atoms with Crippen LogP contribution in [0.4, 0.5) is 0 Å². The second kappa shape index (κ2) is 9.80. The minimum atomic E-state index is 0.888. The summed E-state index contributed by atoms with van der Waals surface area (Å²) in [5, 5.41) is 3.76. The third kappa shape index (κ3) is 4.13. The maximum Gasteiger partial charge on any atom is 0.0547 e. The van der Waals surface area contributed by atoms with Crippen molar-refractivity contribution in [1.29, 1.82) is 0 Å². The van der Waals surface area contributed by atoms with Gasteiger partial charge in [0.25, 0.3) is 0 Å². The van der Waals surface area contributed by atoms with Gasteiger partial charge in [-0.1, -0.05) is 109 Å². The Kier molecular flexibility index (Phi) is 6.27. The van der Waals surface area contributed by atoms with Gasteiger partial charge in [0.1, 0.15) is 0 Å². The highest BCUT2D eigenvalue weighted by molar-refractivity contribution is 5.92. The second-order valence-electron chi connectivity index (χ2n) is 8.50. The van der Waals surface area contributed by atoms with Crippen molar-refractivity contribution in [2.75, 3.05) is 0 Å². The third-order valence-corrected chi connectivity index (χ3v) is 6.41. The quantitative estimate of drug-likeness (QED) is 0.316. The Labute approximate surface area is 201 Å². The van der Waals surface area contributed by atoms with E-state index in [0.29, 0.717) is 0 Å². The van der Waals surface area contributed by atoms with Gasteiger partial charge in [0.2, 0.25) is 0 Å². The molecule has 0 amide bonds. The van der Waals surface area contributed by atoms with E-state index in [9.17, 15) is 0 Å². The molecule has 1 aliphatic carbocycles. The zero-order valence-electron chi connectivity index (χ0n) is 19.8. The molecule has 0 spiro atoms. The molecule has 0 fully saturated rings. The molecule has 0 saturated carbocycles. The molecule has 0 radical (unpaired) electrons. The van der Waals surface area contributed by atoms with Gasteiger partial charge >= 0.3 is 0 Å². The molecule has 0 unspecified atom stereocenters. The maximum absolute atomic E-state index is 3.79. The average Bonchev–Trinajstić information content (AvgIpc) is 3.16. The van der Waals surface area contributed by atoms with E-state index in [1.807, 2.05) is 6.92 Å². The molecular weight excluding hydrogens is 410 g/mol. The van der Waals surface area contributed by atoms with Crippen LogP contribution in [-0.4, -0.2) is 4.98 Å². The van der Waals surface area contributed by atoms with Gasteiger partial charge in [-0.25, -0.2) is 0 Å². The summed E-state index contributed by atoms with van der Waals surface area (Å²) in [4.78, 5) is 3.79. The number of H-pyrrole nitrogens is 1. The summed E-state index contributed by atoms with van der Waals surface area (Å²) in [6.07, 6.45) is 16.1. The molecule has 1 nitrogen and oxygen atoms in total. The average molecular weight is 440 g/mol. The molecule has 3 aromatic carbocycles. The predicted molar refractivity (Wildman–Crippen MR) is 147 cm³/mol. The number of allylic oxidation sites excluding steroid dienone is 8. The predicted octanol–water partition coefficient (Wildman–Crippen LogP) is 7.22. The van der Waals surface area contributed by atoms with Crippen molar-refractivity contribution in [2.24, 2.45) is 0 Å². The van der Waals surface area contributed by atoms with Crippen molar-refractivity contribution >= 4 is 22.0 Å². The summed E-state index contributed by atoms with van der Waals surface area (Å²) in [6.45, 7) is 4.15. The van der Waals surface area contributed by atoms with E-state index in [-0.39, 0.29) is 0 Å². The zero-order valence-corrected chi connectivity index (χ0v) is 19.8. The van der Waals surface area contributed by atoms with E-state index in [1.165, 1.54) is 54.9 Å². The van der Waals surface area contributed by atoms with Crippen LogP contribution in [0.3, 0.4) is 0 Å². The summed E-state index contributed by atoms with van der Waals surface area (Å²) in [5.74, 6) is 0. The fraction of sp³-hybridized carbons (Fsp3) is 0.0909. The van der Waals surface area contributed by atoms with Crippen LogP contribution < -0.4 is 10.6 Å². The lowest BCUT2D eigenvalue weighted by Gasteiger charge is -2.06. The molecule has 1 aromatic heterocycles. The molecule has 0 aliphatic heterocycles. The molecule has 34 heavy (non-hydrogen) atoms. The fourth-order valence-electron chi connectivity index (χ4n) is 4.75. The van der Waals surface area contributed by atoms with Gasteiger partial charge in [-0.2, -0.15) is 0 Å². The smallest absolute Gasteiger partial charge is 0.0547 e. The van der Waals surface area contributed by atoms with Crippen LogP contribution in [0.2, 0.25) is 0 Å². The normalized spacial score (nSPS) is 14.4. The molecule has 1 heteroatoms. The van der Waals surface area contributed by atoms with Gasteiger partial charge in [-0.3, -0.25) is 0 Å². The molecule has 1 heterocycles. The van der Waals surface area contributed by atoms with Crippen LogP contribution in [0.5, 0.6) is 0 Å². The first kappa shape index (κ1) is 21.7. The Bertz CT molecular complexity index is 1560. The van der Waals surface area contributed by atoms with Gasteiger partial charge in [-0.15, -0.1) is 0 Å². The molecule has 1 N–H and O–H groups in total. The number of rotatable bonds is 5. The Morgan fingerprint density at radius 3 is 2.24 bits per heavy atom. The van der Waals surface area contributed by atoms with Gasteiger partial charge < -0.3 is 4.98 Å². The highest BCUT2D eigenvalue weighted by Gasteiger charge is 2.14. The number of fused-ring (bicyclic) bond motifs is 3. The minimum Gasteiger partial charge on any atom is -0.354 e. The molecule has 4 aromatic rings. The summed E-state index contributed by atoms with van der Waals surface area (Å²) in [5.41, 5.74) is 8.69. The minimum absolute atomic E-state index is 0.888. The van der Waals surface area contributed by atoms with Crippen molar-refractivity contribution in [3.8, 4) is 11.1 Å². The lowest BCUT2D eigenvalue weighted by molar-refractivity contribution is 1.31. The van der Waals surface area contributed by atoms with Gasteiger partial charge in [-0.05, 0) is 60.2 Å². The van der Waals surface area contributed by atoms with Crippen molar-refractivity contribution in [2.45, 2.75) is 20.3 Å². The Morgan fingerprint density at radius 2 is 1.53 bits per heavy atom. The second-order valence-corrected chi connectivity index (χ2v) is 8.50. The van der Waals surface area contributed by atoms with E-state index in [0.717, 1.165) is 6.42 Å².